The van der Waals surface area contributed by atoms with Gasteiger partial charge < -0.3 is 42.8 Å². The topological polar surface area (TPSA) is 179 Å². The van der Waals surface area contributed by atoms with Gasteiger partial charge in [0.2, 0.25) is 5.12 Å². The molecule has 0 bridgehead atoms. The van der Waals surface area contributed by atoms with Gasteiger partial charge in [-0.2, -0.15) is 0 Å². The summed E-state index contributed by atoms with van der Waals surface area (Å²) in [6.45, 7) is 14.2. The van der Waals surface area contributed by atoms with E-state index in [9.17, 15) is 28.8 Å². The van der Waals surface area contributed by atoms with E-state index in [1.165, 1.54) is 29.6 Å². The van der Waals surface area contributed by atoms with Gasteiger partial charge in [0, 0.05) is 51.2 Å². The predicted octanol–water partition coefficient (Wildman–Crippen LogP) is 12.5. The number of thiocarbonyl (C=S) groups is 1. The number of nitrogens with zero attached hydrogens (tertiary/aromatic N) is 1. The molecule has 0 unspecified atom stereocenters. The average molecular weight is 1150 g/mol. The van der Waals surface area contributed by atoms with E-state index in [-0.39, 0.29) is 64.8 Å². The van der Waals surface area contributed by atoms with Crippen LogP contribution in [0.15, 0.2) is 45.5 Å². The monoisotopic (exact) mass is 1150 g/mol. The lowest BCUT2D eigenvalue weighted by Crippen LogP contribution is -2.33. The van der Waals surface area contributed by atoms with Crippen LogP contribution in [0, 0.1) is 23.7 Å². The Morgan fingerprint density at radius 3 is 1.29 bits per heavy atom. The summed E-state index contributed by atoms with van der Waals surface area (Å²) in [5.41, 5.74) is 1.21. The Labute approximate surface area is 478 Å². The molecule has 0 radical (unpaired) electrons. The smallest absolute Gasteiger partial charge is 0.330 e. The maximum absolute atomic E-state index is 14.2. The number of unbranched alkanes of at least 4 members (excludes halogenated alkanes) is 6. The Kier molecular flexibility index (Phi) is 24.7. The first-order chi connectivity index (χ1) is 37.8. The van der Waals surface area contributed by atoms with Crippen molar-refractivity contribution >= 4 is 98.9 Å². The third-order valence-electron chi connectivity index (χ3n) is 15.8. The molecule has 1 saturated heterocycles. The molecule has 7 rings (SSSR count). The van der Waals surface area contributed by atoms with Gasteiger partial charge in [0.25, 0.3) is 0 Å². The zero-order valence-corrected chi connectivity index (χ0v) is 48.8. The number of methoxy groups -OCH3 is 1. The maximum atomic E-state index is 14.2. The van der Waals surface area contributed by atoms with Gasteiger partial charge in [0.05, 0.1) is 56.5 Å². The molecule has 0 aromatic heterocycles. The molecule has 4 saturated carbocycles. The molecule has 0 N–H and O–H groups in total. The highest BCUT2D eigenvalue weighted by atomic mass is 32.2. The van der Waals surface area contributed by atoms with Gasteiger partial charge in [-0.1, -0.05) is 86.9 Å². The molecule has 0 spiro atoms. The molecule has 1 aromatic carbocycles. The zero-order chi connectivity index (χ0) is 55.6. The van der Waals surface area contributed by atoms with Crippen molar-refractivity contribution in [2.75, 3.05) is 40.6 Å². The van der Waals surface area contributed by atoms with E-state index in [2.05, 4.69) is 19.7 Å². The summed E-state index contributed by atoms with van der Waals surface area (Å²) in [6, 6.07) is 0. The number of benzene rings is 1. The number of rotatable bonds is 27. The van der Waals surface area contributed by atoms with E-state index in [1.54, 1.807) is 31.2 Å². The molecule has 19 heteroatoms. The van der Waals surface area contributed by atoms with E-state index < -0.39 is 29.7 Å². The van der Waals surface area contributed by atoms with Crippen LogP contribution in [0.25, 0.3) is 12.2 Å². The second kappa shape index (κ2) is 31.3. The fraction of sp³-hybridized carbons (Fsp3) is 0.644. The number of ether oxygens (including phenoxy) is 8. The van der Waals surface area contributed by atoms with Crippen LogP contribution in [0.3, 0.4) is 0 Å². The summed E-state index contributed by atoms with van der Waals surface area (Å²) >= 11 is 8.94. The van der Waals surface area contributed by atoms with E-state index in [4.69, 9.17) is 50.1 Å². The van der Waals surface area contributed by atoms with Crippen molar-refractivity contribution in [3.63, 3.8) is 0 Å². The molecule has 4 aliphatic carbocycles. The summed E-state index contributed by atoms with van der Waals surface area (Å²) in [5.74, 6) is -2.85. The van der Waals surface area contributed by atoms with Gasteiger partial charge in [0.1, 0.15) is 22.2 Å². The lowest BCUT2D eigenvalue weighted by Gasteiger charge is -2.31. The van der Waals surface area contributed by atoms with Crippen LogP contribution in [-0.2, 0) is 57.2 Å². The molecular weight excluding hydrogens is 1070 g/mol. The van der Waals surface area contributed by atoms with Crippen LogP contribution in [0.1, 0.15) is 165 Å². The van der Waals surface area contributed by atoms with Gasteiger partial charge >= 0.3 is 29.8 Å². The number of fused-ring (bicyclic) bond motifs is 1. The first-order valence-corrected chi connectivity index (χ1v) is 31.1. The van der Waals surface area contributed by atoms with Gasteiger partial charge in [-0.15, -0.1) is 0 Å². The normalized spacial score (nSPS) is 26.2. The van der Waals surface area contributed by atoms with Crippen molar-refractivity contribution in [1.29, 1.82) is 0 Å². The van der Waals surface area contributed by atoms with Crippen molar-refractivity contribution in [3.8, 4) is 11.5 Å². The molecule has 6 aliphatic rings. The molecule has 428 valence electrons. The predicted molar refractivity (Wildman–Crippen MR) is 307 cm³/mol. The van der Waals surface area contributed by atoms with Crippen molar-refractivity contribution in [1.82, 2.24) is 4.90 Å². The van der Waals surface area contributed by atoms with Crippen molar-refractivity contribution < 1.29 is 66.7 Å². The number of carbonyl (C=O) groups is 6. The number of hydrogen-bond donors (Lipinski definition) is 0. The first kappa shape index (κ1) is 61.6. The van der Waals surface area contributed by atoms with Crippen molar-refractivity contribution in [2.45, 2.75) is 188 Å². The third kappa shape index (κ3) is 17.0. The fourth-order valence-electron chi connectivity index (χ4n) is 11.1. The maximum Gasteiger partial charge on any atom is 0.330 e. The average Bonchev–Trinajstić information content (AvgIpc) is 4.18. The molecule has 2 heterocycles. The van der Waals surface area contributed by atoms with Crippen molar-refractivity contribution in [2.24, 2.45) is 23.7 Å². The molecular formula is C59H79NO14S4. The van der Waals surface area contributed by atoms with Gasteiger partial charge in [-0.05, 0) is 147 Å². The summed E-state index contributed by atoms with van der Waals surface area (Å²) in [6.07, 6.45) is 22.6. The molecule has 78 heavy (non-hydrogen) atoms. The lowest BCUT2D eigenvalue weighted by atomic mass is 9.82. The highest BCUT2D eigenvalue weighted by Crippen LogP contribution is 2.62. The standard InChI is InChI=1S/C59H79NO14S4/c1-6-45-46(7-2)50(74-56(65)40-23-19-38(20-24-40)54(63)72-44-31-27-42(28-32-44)69-35-15-11-12-16-36-70-47(61)8-3)52-51(76-58(77-52)48-57(66)78-59(75)60(48)4)49(45)73-55(64)39-21-17-37(18-22-39)53(62)71-43-29-25-41(26-30-43)68-34-14-10-9-13-33-67-5/h6-8,37-44H,1-3,9-36H2,4-5H3/b58-48+. The molecule has 2 aliphatic heterocycles. The number of likely N-dealkylation sites (N-methyl/N-ethyl adjacent to an activating group) is 1. The number of hydrogen-bond acceptors (Lipinski definition) is 18. The van der Waals surface area contributed by atoms with Crippen LogP contribution in [0.2, 0.25) is 0 Å². The molecule has 15 nitrogen and oxygen atoms in total. The Balaban J connectivity index is 0.910. The van der Waals surface area contributed by atoms with Crippen LogP contribution in [-0.4, -0.2) is 109 Å². The highest BCUT2D eigenvalue weighted by molar-refractivity contribution is 8.34. The molecule has 5 fully saturated rings. The Bertz CT molecular complexity index is 2360. The summed E-state index contributed by atoms with van der Waals surface area (Å²) in [7, 11) is 3.46. The van der Waals surface area contributed by atoms with Crippen LogP contribution < -0.4 is 9.47 Å². The molecule has 1 aromatic rings. The highest BCUT2D eigenvalue weighted by Gasteiger charge is 2.42. The van der Waals surface area contributed by atoms with Gasteiger partial charge in [-0.3, -0.25) is 24.0 Å². The van der Waals surface area contributed by atoms with E-state index in [0.717, 1.165) is 128 Å². The quantitative estimate of drug-likeness (QED) is 0.0202. The number of carbonyl (C=O) groups excluding carboxylic acids is 6. The number of thioether (sulfide) groups is 3. The summed E-state index contributed by atoms with van der Waals surface area (Å²) < 4.78 is 48.1. The van der Waals surface area contributed by atoms with Gasteiger partial charge in [0.15, 0.2) is 11.5 Å². The SMILES string of the molecule is C=CC(=O)OCCCCCCOC1CCC(OC(=O)C2CCC(C(=O)Oc3c(C=C)c(C=C)c(OC(=O)C4CCC(C(=O)OC5CCC(OCCCCCCOC)CC5)CC4)c4c3S/C(=C3\C(=O)SC(=S)N3C)S4)CC2)CC1. The second-order valence-corrected chi connectivity index (χ2v) is 25.1. The largest absolute Gasteiger partial charge is 0.463 e. The first-order valence-electron chi connectivity index (χ1n) is 28.3. The molecule has 0 atom stereocenters. The van der Waals surface area contributed by atoms with Crippen molar-refractivity contribution in [3.05, 3.63) is 46.9 Å². The van der Waals surface area contributed by atoms with E-state index in [1.807, 2.05) is 0 Å². The van der Waals surface area contributed by atoms with Crippen LogP contribution in [0.4, 0.5) is 0 Å². The zero-order valence-electron chi connectivity index (χ0n) is 45.6. The minimum Gasteiger partial charge on any atom is -0.463 e. The third-order valence-corrected chi connectivity index (χ3v) is 19.7. The Hall–Kier alpha value is -3.98. The minimum absolute atomic E-state index is 0.129. The van der Waals surface area contributed by atoms with Gasteiger partial charge in [-0.25, -0.2) is 4.79 Å². The Morgan fingerprint density at radius 1 is 0.538 bits per heavy atom. The van der Waals surface area contributed by atoms with Crippen LogP contribution >= 0.6 is 47.5 Å². The summed E-state index contributed by atoms with van der Waals surface area (Å²) in [5, 5.41) is -0.221. The van der Waals surface area contributed by atoms with E-state index >= 15 is 0 Å². The Morgan fingerprint density at radius 2 is 0.923 bits per heavy atom. The number of esters is 5. The van der Waals surface area contributed by atoms with Crippen LogP contribution in [0.5, 0.6) is 11.5 Å². The van der Waals surface area contributed by atoms with E-state index in [0.29, 0.717) is 99.8 Å². The lowest BCUT2D eigenvalue weighted by molar-refractivity contribution is -0.160. The second-order valence-electron chi connectivity index (χ2n) is 21.2. The minimum atomic E-state index is -0.485. The fourth-order valence-corrected chi connectivity index (χ4v) is 15.0. The molecule has 0 amide bonds. The summed E-state index contributed by atoms with van der Waals surface area (Å²) in [4.78, 5) is 82.4.